The molecule has 0 unspecified atom stereocenters. The number of hydrazone groups is 1. The van der Waals surface area contributed by atoms with Gasteiger partial charge in [0.25, 0.3) is 15.9 Å². The van der Waals surface area contributed by atoms with Crippen LogP contribution in [-0.2, 0) is 14.8 Å². The van der Waals surface area contributed by atoms with Gasteiger partial charge in [0.2, 0.25) is 5.71 Å². The van der Waals surface area contributed by atoms with Crippen molar-refractivity contribution in [2.45, 2.75) is 11.8 Å². The van der Waals surface area contributed by atoms with Crippen LogP contribution < -0.4 is 20.6 Å². The van der Waals surface area contributed by atoms with Crippen molar-refractivity contribution in [3.8, 4) is 11.8 Å². The van der Waals surface area contributed by atoms with Crippen LogP contribution in [0.5, 0.6) is 5.75 Å². The van der Waals surface area contributed by atoms with Crippen molar-refractivity contribution in [3.05, 3.63) is 46.9 Å². The van der Waals surface area contributed by atoms with Crippen molar-refractivity contribution in [3.63, 3.8) is 0 Å². The molecule has 4 N–H and O–H groups in total. The minimum atomic E-state index is -3.82. The number of nitrogens with one attached hydrogen (secondary N) is 2. The zero-order valence-corrected chi connectivity index (χ0v) is 17.0. The van der Waals surface area contributed by atoms with E-state index in [1.807, 2.05) is 6.92 Å². The Hall–Kier alpha value is -3.10. The Morgan fingerprint density at radius 3 is 2.43 bits per heavy atom. The number of hydrogen-bond donors (Lipinski definition) is 3. The summed E-state index contributed by atoms with van der Waals surface area (Å²) in [5.41, 5.74) is 7.67. The fourth-order valence-electron chi connectivity index (χ4n) is 2.02. The smallest absolute Gasteiger partial charge is 0.280 e. The van der Waals surface area contributed by atoms with E-state index >= 15 is 0 Å². The van der Waals surface area contributed by atoms with E-state index in [4.69, 9.17) is 15.7 Å². The number of hydrogen-bond acceptors (Lipinski definition) is 7. The van der Waals surface area contributed by atoms with Gasteiger partial charge >= 0.3 is 0 Å². The molecule has 0 bridgehead atoms. The number of carbonyl (C=O) groups is 1. The highest BCUT2D eigenvalue weighted by molar-refractivity contribution is 9.10. The van der Waals surface area contributed by atoms with Gasteiger partial charge in [-0.25, -0.2) is 8.42 Å². The molecular weight excluding hydrogens is 450 g/mol. The number of amides is 1. The highest BCUT2D eigenvalue weighted by atomic mass is 79.9. The van der Waals surface area contributed by atoms with Crippen molar-refractivity contribution in [1.82, 2.24) is 0 Å². The average molecular weight is 466 g/mol. The lowest BCUT2D eigenvalue weighted by Gasteiger charge is -2.11. The second-order valence-corrected chi connectivity index (χ2v) is 7.79. The molecule has 0 aliphatic rings. The molecule has 0 spiro atoms. The number of benzene rings is 2. The fraction of sp³-hybridized carbons (Fsp3) is 0.118. The molecule has 0 aliphatic heterocycles. The van der Waals surface area contributed by atoms with Gasteiger partial charge in [-0.2, -0.15) is 10.4 Å². The molecule has 28 heavy (non-hydrogen) atoms. The lowest BCUT2D eigenvalue weighted by Crippen LogP contribution is -2.22. The second-order valence-electron chi connectivity index (χ2n) is 5.26. The third-order valence-corrected chi connectivity index (χ3v) is 5.30. The Bertz CT molecular complexity index is 1050. The summed E-state index contributed by atoms with van der Waals surface area (Å²) in [6.45, 7) is 2.34. The van der Waals surface area contributed by atoms with E-state index in [1.54, 1.807) is 24.3 Å². The van der Waals surface area contributed by atoms with E-state index in [0.717, 1.165) is 0 Å². The van der Waals surface area contributed by atoms with Gasteiger partial charge in [-0.15, -0.1) is 0 Å². The predicted octanol–water partition coefficient (Wildman–Crippen LogP) is 2.43. The van der Waals surface area contributed by atoms with Gasteiger partial charge in [0.1, 0.15) is 11.8 Å². The molecule has 0 heterocycles. The maximum absolute atomic E-state index is 12.5. The molecule has 0 saturated carbocycles. The zero-order valence-electron chi connectivity index (χ0n) is 14.6. The zero-order chi connectivity index (χ0) is 20.7. The van der Waals surface area contributed by atoms with E-state index < -0.39 is 21.6 Å². The molecule has 9 nitrogen and oxygen atoms in total. The molecule has 0 saturated heterocycles. The summed E-state index contributed by atoms with van der Waals surface area (Å²) in [5.74, 6) is -0.367. The number of primary amides is 1. The van der Waals surface area contributed by atoms with Gasteiger partial charge in [0, 0.05) is 0 Å². The molecule has 0 radical (unpaired) electrons. The summed E-state index contributed by atoms with van der Waals surface area (Å²) >= 11 is 3.33. The molecule has 2 aromatic rings. The molecular formula is C17H16BrN5O4S. The predicted molar refractivity (Wildman–Crippen MR) is 108 cm³/mol. The molecule has 0 aromatic heterocycles. The van der Waals surface area contributed by atoms with Crippen LogP contribution in [-0.4, -0.2) is 26.6 Å². The molecule has 11 heteroatoms. The molecule has 2 aromatic carbocycles. The summed E-state index contributed by atoms with van der Waals surface area (Å²) < 4.78 is 33.5. The molecule has 0 aliphatic carbocycles. The first-order chi connectivity index (χ1) is 13.3. The number of nitriles is 1. The Morgan fingerprint density at radius 2 is 1.89 bits per heavy atom. The van der Waals surface area contributed by atoms with Crippen LogP contribution in [0.15, 0.2) is 56.9 Å². The van der Waals surface area contributed by atoms with Crippen molar-refractivity contribution in [2.24, 2.45) is 10.8 Å². The van der Waals surface area contributed by atoms with Crippen LogP contribution >= 0.6 is 15.9 Å². The number of anilines is 2. The standard InChI is InChI=1S/C17H16BrN5O4S/c1-2-27-16-8-5-12(9-14(16)18)23-28(25,26)13-6-3-11(4-7-13)21-22-15(10-19)17(20)24/h3-9,21,23H,2H2,1H3,(H2,20,24). The van der Waals surface area contributed by atoms with Crippen LogP contribution in [0.3, 0.4) is 0 Å². The topological polar surface area (TPSA) is 147 Å². The highest BCUT2D eigenvalue weighted by Gasteiger charge is 2.15. The minimum Gasteiger partial charge on any atom is -0.493 e. The number of sulfonamides is 1. The van der Waals surface area contributed by atoms with Crippen LogP contribution in [0.1, 0.15) is 6.92 Å². The Kier molecular flexibility index (Phi) is 6.97. The van der Waals surface area contributed by atoms with Gasteiger partial charge in [-0.1, -0.05) is 0 Å². The maximum Gasteiger partial charge on any atom is 0.280 e. The SMILES string of the molecule is CCOc1ccc(NS(=O)(=O)c2ccc(NN=C(C#N)C(N)=O)cc2)cc1Br. The van der Waals surface area contributed by atoms with Gasteiger partial charge in [-0.3, -0.25) is 14.9 Å². The van der Waals surface area contributed by atoms with Gasteiger partial charge in [-0.05, 0) is 65.3 Å². The molecule has 1 amide bonds. The van der Waals surface area contributed by atoms with Crippen LogP contribution in [0, 0.1) is 11.3 Å². The normalized spacial score (nSPS) is 11.4. The third-order valence-electron chi connectivity index (χ3n) is 3.28. The quantitative estimate of drug-likeness (QED) is 0.402. The van der Waals surface area contributed by atoms with E-state index in [9.17, 15) is 13.2 Å². The summed E-state index contributed by atoms with van der Waals surface area (Å²) in [4.78, 5) is 10.9. The first kappa shape index (κ1) is 21.2. The minimum absolute atomic E-state index is 0.0162. The number of nitrogens with zero attached hydrogens (tertiary/aromatic N) is 2. The summed E-state index contributed by atoms with van der Waals surface area (Å²) in [6, 6.07) is 11.9. The van der Waals surface area contributed by atoms with Crippen LogP contribution in [0.25, 0.3) is 0 Å². The summed E-state index contributed by atoms with van der Waals surface area (Å²) in [5, 5.41) is 12.3. The number of rotatable bonds is 8. The van der Waals surface area contributed by atoms with Gasteiger partial charge in [0.15, 0.2) is 0 Å². The molecule has 0 atom stereocenters. The number of halogens is 1. The lowest BCUT2D eigenvalue weighted by molar-refractivity contribution is -0.111. The van der Waals surface area contributed by atoms with E-state index in [2.05, 4.69) is 31.2 Å². The number of carbonyl (C=O) groups excluding carboxylic acids is 1. The molecule has 2 rings (SSSR count). The van der Waals surface area contributed by atoms with E-state index in [-0.39, 0.29) is 4.90 Å². The lowest BCUT2D eigenvalue weighted by atomic mass is 10.3. The first-order valence-electron chi connectivity index (χ1n) is 7.85. The molecule has 0 fully saturated rings. The summed E-state index contributed by atoms with van der Waals surface area (Å²) in [6.07, 6.45) is 0. The fourth-order valence-corrected chi connectivity index (χ4v) is 3.56. The van der Waals surface area contributed by atoms with Gasteiger partial charge in [0.05, 0.1) is 27.3 Å². The first-order valence-corrected chi connectivity index (χ1v) is 10.1. The van der Waals surface area contributed by atoms with Crippen LogP contribution in [0.2, 0.25) is 0 Å². The van der Waals surface area contributed by atoms with Crippen molar-refractivity contribution >= 4 is 48.9 Å². The van der Waals surface area contributed by atoms with Crippen molar-refractivity contribution < 1.29 is 17.9 Å². The van der Waals surface area contributed by atoms with E-state index in [0.29, 0.717) is 28.2 Å². The maximum atomic E-state index is 12.5. The monoisotopic (exact) mass is 465 g/mol. The highest BCUT2D eigenvalue weighted by Crippen LogP contribution is 2.29. The van der Waals surface area contributed by atoms with Crippen molar-refractivity contribution in [2.75, 3.05) is 16.8 Å². The van der Waals surface area contributed by atoms with Crippen molar-refractivity contribution in [1.29, 1.82) is 5.26 Å². The third kappa shape index (κ3) is 5.45. The summed E-state index contributed by atoms with van der Waals surface area (Å²) in [7, 11) is -3.82. The molecule has 146 valence electrons. The number of ether oxygens (including phenoxy) is 1. The number of nitrogens with two attached hydrogens (primary N) is 1. The Balaban J connectivity index is 2.15. The van der Waals surface area contributed by atoms with E-state index in [1.165, 1.54) is 24.3 Å². The largest absolute Gasteiger partial charge is 0.493 e. The average Bonchev–Trinajstić information content (AvgIpc) is 2.64. The second kappa shape index (κ2) is 9.20. The Morgan fingerprint density at radius 1 is 1.25 bits per heavy atom. The Labute approximate surface area is 170 Å². The van der Waals surface area contributed by atoms with Crippen LogP contribution in [0.4, 0.5) is 11.4 Å². The van der Waals surface area contributed by atoms with Gasteiger partial charge < -0.3 is 10.5 Å².